The van der Waals surface area contributed by atoms with E-state index in [2.05, 4.69) is 20.1 Å². The summed E-state index contributed by atoms with van der Waals surface area (Å²) in [5.41, 5.74) is 1.35. The number of anilines is 1. The fourth-order valence-electron chi connectivity index (χ4n) is 3.68. The van der Waals surface area contributed by atoms with Crippen molar-refractivity contribution < 1.29 is 19.2 Å². The number of carbonyl (C=O) groups is 1. The number of amides is 1. The normalized spacial score (nSPS) is 14.3. The highest BCUT2D eigenvalue weighted by Crippen LogP contribution is 2.31. The summed E-state index contributed by atoms with van der Waals surface area (Å²) in [6.45, 7) is 4.58. The van der Waals surface area contributed by atoms with E-state index in [1.165, 1.54) is 17.4 Å². The van der Waals surface area contributed by atoms with Crippen molar-refractivity contribution in [3.63, 3.8) is 0 Å². The summed E-state index contributed by atoms with van der Waals surface area (Å²) in [5, 5.41) is 14.8. The zero-order chi connectivity index (χ0) is 23.4. The smallest absolute Gasteiger partial charge is 0.270 e. The molecule has 1 aliphatic rings. The van der Waals surface area contributed by atoms with Gasteiger partial charge < -0.3 is 19.7 Å². The molecule has 1 fully saturated rings. The van der Waals surface area contributed by atoms with Gasteiger partial charge in [-0.2, -0.15) is 0 Å². The minimum Gasteiger partial charge on any atom is -0.497 e. The Hall–Kier alpha value is -3.44. The van der Waals surface area contributed by atoms with Gasteiger partial charge in [-0.3, -0.25) is 19.8 Å². The summed E-state index contributed by atoms with van der Waals surface area (Å²) in [6, 6.07) is 9.85. The first-order valence-electron chi connectivity index (χ1n) is 10.5. The molecule has 0 spiro atoms. The van der Waals surface area contributed by atoms with E-state index in [1.54, 1.807) is 44.6 Å². The number of carbonyl (C=O) groups excluding carboxylic acids is 1. The highest BCUT2D eigenvalue weighted by atomic mass is 32.1. The van der Waals surface area contributed by atoms with Crippen LogP contribution in [-0.2, 0) is 0 Å². The molecule has 174 valence electrons. The average Bonchev–Trinajstić information content (AvgIpc) is 3.27. The van der Waals surface area contributed by atoms with Gasteiger partial charge >= 0.3 is 0 Å². The number of rotatable bonds is 8. The first kappa shape index (κ1) is 22.7. The molecule has 0 unspecified atom stereocenters. The summed E-state index contributed by atoms with van der Waals surface area (Å²) in [4.78, 5) is 32.2. The number of methoxy groups -OCH3 is 2. The van der Waals surface area contributed by atoms with E-state index < -0.39 is 0 Å². The van der Waals surface area contributed by atoms with Crippen molar-refractivity contribution in [1.29, 1.82) is 0 Å². The SMILES string of the molecule is COc1cc(OC)cc(C(=O)NCCN2CCN(c3nc4ccc([N+](=O)[O-])cc4s3)CC2)c1. The van der Waals surface area contributed by atoms with Crippen molar-refractivity contribution >= 4 is 38.3 Å². The lowest BCUT2D eigenvalue weighted by molar-refractivity contribution is -0.384. The zero-order valence-electron chi connectivity index (χ0n) is 18.4. The predicted molar refractivity (Wildman–Crippen MR) is 127 cm³/mol. The molecule has 1 N–H and O–H groups in total. The maximum Gasteiger partial charge on any atom is 0.270 e. The molecule has 11 heteroatoms. The molecule has 2 aromatic carbocycles. The lowest BCUT2D eigenvalue weighted by Gasteiger charge is -2.34. The number of ether oxygens (including phenoxy) is 2. The fourth-order valence-corrected chi connectivity index (χ4v) is 4.73. The molecule has 2 heterocycles. The number of non-ortho nitro benzene ring substituents is 1. The molecule has 0 aliphatic carbocycles. The number of hydrogen-bond acceptors (Lipinski definition) is 9. The number of piperazine rings is 1. The van der Waals surface area contributed by atoms with Crippen LogP contribution in [0.4, 0.5) is 10.8 Å². The van der Waals surface area contributed by atoms with Crippen LogP contribution in [0, 0.1) is 10.1 Å². The van der Waals surface area contributed by atoms with Gasteiger partial charge in [0.15, 0.2) is 5.13 Å². The van der Waals surface area contributed by atoms with Crippen LogP contribution >= 0.6 is 11.3 Å². The van der Waals surface area contributed by atoms with Crippen molar-refractivity contribution in [2.45, 2.75) is 0 Å². The van der Waals surface area contributed by atoms with Gasteiger partial charge in [0.05, 0.1) is 29.4 Å². The lowest BCUT2D eigenvalue weighted by atomic mass is 10.2. The molecule has 0 radical (unpaired) electrons. The topological polar surface area (TPSA) is 110 Å². The second-order valence-corrected chi connectivity index (χ2v) is 8.60. The fraction of sp³-hybridized carbons (Fsp3) is 0.364. The van der Waals surface area contributed by atoms with E-state index in [-0.39, 0.29) is 16.5 Å². The Balaban J connectivity index is 1.27. The second-order valence-electron chi connectivity index (χ2n) is 7.59. The zero-order valence-corrected chi connectivity index (χ0v) is 19.3. The van der Waals surface area contributed by atoms with Crippen LogP contribution in [-0.4, -0.2) is 74.2 Å². The molecule has 1 amide bonds. The molecule has 33 heavy (non-hydrogen) atoms. The van der Waals surface area contributed by atoms with E-state index in [4.69, 9.17) is 9.47 Å². The molecule has 0 atom stereocenters. The predicted octanol–water partition coefficient (Wildman–Crippen LogP) is 2.77. The van der Waals surface area contributed by atoms with Crippen LogP contribution in [0.5, 0.6) is 11.5 Å². The molecule has 1 aliphatic heterocycles. The Morgan fingerprint density at radius 1 is 1.12 bits per heavy atom. The van der Waals surface area contributed by atoms with Gasteiger partial charge in [-0.05, 0) is 18.2 Å². The van der Waals surface area contributed by atoms with Crippen molar-refractivity contribution in [2.75, 3.05) is 58.4 Å². The van der Waals surface area contributed by atoms with Crippen molar-refractivity contribution in [3.8, 4) is 11.5 Å². The summed E-state index contributed by atoms with van der Waals surface area (Å²) < 4.78 is 11.3. The third-order valence-electron chi connectivity index (χ3n) is 5.54. The molecule has 1 aromatic heterocycles. The number of benzene rings is 2. The van der Waals surface area contributed by atoms with E-state index >= 15 is 0 Å². The van der Waals surface area contributed by atoms with E-state index in [1.807, 2.05) is 0 Å². The molecule has 3 aromatic rings. The van der Waals surface area contributed by atoms with E-state index in [0.29, 0.717) is 23.6 Å². The van der Waals surface area contributed by atoms with Gasteiger partial charge in [0.2, 0.25) is 0 Å². The molecule has 0 bridgehead atoms. The van der Waals surface area contributed by atoms with Crippen LogP contribution in [0.15, 0.2) is 36.4 Å². The van der Waals surface area contributed by atoms with Crippen molar-refractivity contribution in [2.24, 2.45) is 0 Å². The van der Waals surface area contributed by atoms with Crippen LogP contribution < -0.4 is 19.7 Å². The molecular weight excluding hydrogens is 446 g/mol. The standard InChI is InChI=1S/C22H25N5O5S/c1-31-17-11-15(12-18(14-17)32-2)21(28)23-5-6-25-7-9-26(10-8-25)22-24-19-4-3-16(27(29)30)13-20(19)33-22/h3-4,11-14H,5-10H2,1-2H3,(H,23,28). The largest absolute Gasteiger partial charge is 0.497 e. The quantitative estimate of drug-likeness (QED) is 0.395. The van der Waals surface area contributed by atoms with Crippen LogP contribution in [0.25, 0.3) is 10.2 Å². The Morgan fingerprint density at radius 3 is 2.45 bits per heavy atom. The maximum absolute atomic E-state index is 12.5. The van der Waals surface area contributed by atoms with Gasteiger partial charge in [-0.1, -0.05) is 11.3 Å². The van der Waals surface area contributed by atoms with E-state index in [9.17, 15) is 14.9 Å². The minimum absolute atomic E-state index is 0.0805. The highest BCUT2D eigenvalue weighted by molar-refractivity contribution is 7.22. The monoisotopic (exact) mass is 471 g/mol. The number of hydrogen-bond donors (Lipinski definition) is 1. The first-order chi connectivity index (χ1) is 16.0. The number of thiazole rings is 1. The lowest BCUT2D eigenvalue weighted by Crippen LogP contribution is -2.48. The number of aromatic nitrogens is 1. The van der Waals surface area contributed by atoms with Gasteiger partial charge in [-0.15, -0.1) is 0 Å². The number of fused-ring (bicyclic) bond motifs is 1. The maximum atomic E-state index is 12.5. The third-order valence-corrected chi connectivity index (χ3v) is 6.62. The summed E-state index contributed by atoms with van der Waals surface area (Å²) in [6.07, 6.45) is 0. The Kier molecular flexibility index (Phi) is 6.90. The highest BCUT2D eigenvalue weighted by Gasteiger charge is 2.20. The summed E-state index contributed by atoms with van der Waals surface area (Å²) >= 11 is 1.48. The number of nitro groups is 1. The van der Waals surface area contributed by atoms with Gasteiger partial charge in [0.1, 0.15) is 11.5 Å². The van der Waals surface area contributed by atoms with Gasteiger partial charge in [-0.25, -0.2) is 4.98 Å². The van der Waals surface area contributed by atoms with Crippen molar-refractivity contribution in [1.82, 2.24) is 15.2 Å². The molecular formula is C22H25N5O5S. The van der Waals surface area contributed by atoms with Gasteiger partial charge in [0, 0.05) is 63.0 Å². The summed E-state index contributed by atoms with van der Waals surface area (Å²) in [7, 11) is 3.10. The van der Waals surface area contributed by atoms with Crippen molar-refractivity contribution in [3.05, 3.63) is 52.1 Å². The Morgan fingerprint density at radius 2 is 1.82 bits per heavy atom. The van der Waals surface area contributed by atoms with E-state index in [0.717, 1.165) is 48.1 Å². The summed E-state index contributed by atoms with van der Waals surface area (Å²) in [5.74, 6) is 0.967. The average molecular weight is 472 g/mol. The number of nitrogens with one attached hydrogen (secondary N) is 1. The van der Waals surface area contributed by atoms with Crippen LogP contribution in [0.3, 0.4) is 0 Å². The Labute approximate surface area is 194 Å². The molecule has 4 rings (SSSR count). The first-order valence-corrected chi connectivity index (χ1v) is 11.3. The molecule has 0 saturated carbocycles. The van der Waals surface area contributed by atoms with Crippen LogP contribution in [0.1, 0.15) is 10.4 Å². The van der Waals surface area contributed by atoms with Gasteiger partial charge in [0.25, 0.3) is 11.6 Å². The number of nitro benzene ring substituents is 1. The molecule has 10 nitrogen and oxygen atoms in total. The second kappa shape index (κ2) is 10.0. The van der Waals surface area contributed by atoms with Crippen LogP contribution in [0.2, 0.25) is 0 Å². The Bertz CT molecular complexity index is 1140. The third kappa shape index (κ3) is 5.32. The minimum atomic E-state index is -0.388. The number of nitrogens with zero attached hydrogens (tertiary/aromatic N) is 4. The molecule has 1 saturated heterocycles.